The molecule has 0 saturated carbocycles. The maximum atomic E-state index is 6.27. The van der Waals surface area contributed by atoms with E-state index < -0.39 is 0 Å². The SMILES string of the molecule is CC1(C)c2ccc(-c3ccc(N(c4ccc(-c5cccc6oc7ccccc7c56)cc4)c4ccc(-c5cccc6oc7ccccc7c56)cc4)cc3)cc2-c2ccc(-c3ccccc3)cc21. The molecule has 3 heteroatoms. The lowest BCUT2D eigenvalue weighted by molar-refractivity contribution is 0.660. The summed E-state index contributed by atoms with van der Waals surface area (Å²) < 4.78 is 12.5. The average Bonchev–Trinajstić information content (AvgIpc) is 4.02. The van der Waals surface area contributed by atoms with Crippen LogP contribution in [0.5, 0.6) is 0 Å². The molecule has 2 aromatic heterocycles. The Morgan fingerprint density at radius 3 is 1.30 bits per heavy atom. The molecule has 0 unspecified atom stereocenters. The average molecular weight is 846 g/mol. The lowest BCUT2D eigenvalue weighted by atomic mass is 9.81. The van der Waals surface area contributed by atoms with Gasteiger partial charge in [-0.25, -0.2) is 0 Å². The second-order valence-corrected chi connectivity index (χ2v) is 18.0. The molecule has 0 spiro atoms. The Kier molecular flexibility index (Phi) is 8.56. The van der Waals surface area contributed by atoms with E-state index in [-0.39, 0.29) is 5.41 Å². The highest BCUT2D eigenvalue weighted by atomic mass is 16.3. The van der Waals surface area contributed by atoms with Crippen LogP contribution in [0.15, 0.2) is 233 Å². The standard InChI is InChI=1S/C63H43NO2/c1-63(2)55-37-29-44(38-54(55)51-36-28-45(39-56(51)63)40-12-4-3-5-13-40)41-22-30-46(31-23-41)64(47-32-24-42(25-33-47)49-16-10-20-59-61(49)52-14-6-8-18-57(52)65-59)48-34-26-43(27-35-48)50-17-11-21-60-62(50)53-15-7-9-19-58(53)66-60/h3-39H,1-2H3. The first-order valence-electron chi connectivity index (χ1n) is 22.7. The van der Waals surface area contributed by atoms with Gasteiger partial charge in [-0.2, -0.15) is 0 Å². The van der Waals surface area contributed by atoms with E-state index in [9.17, 15) is 0 Å². The van der Waals surface area contributed by atoms with Crippen LogP contribution in [0, 0.1) is 0 Å². The first-order valence-corrected chi connectivity index (χ1v) is 22.7. The fourth-order valence-corrected chi connectivity index (χ4v) is 10.6. The molecule has 13 rings (SSSR count). The van der Waals surface area contributed by atoms with Crippen molar-refractivity contribution < 1.29 is 8.83 Å². The molecule has 3 nitrogen and oxygen atoms in total. The van der Waals surface area contributed by atoms with E-state index in [4.69, 9.17) is 8.83 Å². The van der Waals surface area contributed by atoms with Gasteiger partial charge in [0.25, 0.3) is 0 Å². The van der Waals surface area contributed by atoms with Crippen molar-refractivity contribution in [3.8, 4) is 55.6 Å². The Hall–Kier alpha value is -8.40. The lowest BCUT2D eigenvalue weighted by Crippen LogP contribution is -2.15. The van der Waals surface area contributed by atoms with Crippen molar-refractivity contribution in [2.45, 2.75) is 19.3 Å². The number of benzene rings is 10. The lowest BCUT2D eigenvalue weighted by Gasteiger charge is -2.26. The first-order chi connectivity index (χ1) is 32.5. The van der Waals surface area contributed by atoms with E-state index in [0.717, 1.165) is 83.2 Å². The molecule has 0 saturated heterocycles. The highest BCUT2D eigenvalue weighted by Gasteiger charge is 2.36. The van der Waals surface area contributed by atoms with Crippen molar-refractivity contribution in [3.63, 3.8) is 0 Å². The topological polar surface area (TPSA) is 29.5 Å². The molecule has 0 fully saturated rings. The molecular weight excluding hydrogens is 803 g/mol. The fraction of sp³-hybridized carbons (Fsp3) is 0.0476. The van der Waals surface area contributed by atoms with E-state index in [2.05, 4.69) is 219 Å². The minimum absolute atomic E-state index is 0.0961. The van der Waals surface area contributed by atoms with Crippen LogP contribution in [-0.2, 0) is 5.41 Å². The molecule has 0 bridgehead atoms. The summed E-state index contributed by atoms with van der Waals surface area (Å²) in [7, 11) is 0. The number of fused-ring (bicyclic) bond motifs is 9. The number of hydrogen-bond acceptors (Lipinski definition) is 3. The molecule has 0 amide bonds. The number of furan rings is 2. The third-order valence-electron chi connectivity index (χ3n) is 13.9. The van der Waals surface area contributed by atoms with E-state index >= 15 is 0 Å². The molecule has 0 N–H and O–H groups in total. The second kappa shape index (κ2) is 14.8. The van der Waals surface area contributed by atoms with E-state index in [1.165, 1.54) is 44.5 Å². The van der Waals surface area contributed by atoms with Crippen LogP contribution in [0.2, 0.25) is 0 Å². The van der Waals surface area contributed by atoms with Gasteiger partial charge in [-0.05, 0) is 140 Å². The molecule has 1 aliphatic carbocycles. The number of rotatable bonds is 7. The third kappa shape index (κ3) is 6.04. The zero-order valence-corrected chi connectivity index (χ0v) is 36.6. The van der Waals surface area contributed by atoms with Gasteiger partial charge in [0.05, 0.1) is 0 Å². The molecule has 0 radical (unpaired) electrons. The highest BCUT2D eigenvalue weighted by Crippen LogP contribution is 2.51. The molecule has 10 aromatic carbocycles. The van der Waals surface area contributed by atoms with Crippen LogP contribution < -0.4 is 4.90 Å². The van der Waals surface area contributed by atoms with Crippen LogP contribution >= 0.6 is 0 Å². The van der Waals surface area contributed by atoms with Crippen LogP contribution in [0.4, 0.5) is 17.1 Å². The van der Waals surface area contributed by atoms with Gasteiger partial charge in [0.2, 0.25) is 0 Å². The minimum atomic E-state index is -0.0961. The van der Waals surface area contributed by atoms with Gasteiger partial charge in [0.1, 0.15) is 22.3 Å². The van der Waals surface area contributed by atoms with Crippen molar-refractivity contribution >= 4 is 60.9 Å². The number of para-hydroxylation sites is 2. The molecule has 0 atom stereocenters. The van der Waals surface area contributed by atoms with E-state index in [1.807, 2.05) is 24.3 Å². The number of anilines is 3. The predicted octanol–water partition coefficient (Wildman–Crippen LogP) is 17.9. The van der Waals surface area contributed by atoms with Crippen LogP contribution in [0.1, 0.15) is 25.0 Å². The molecular formula is C63H43NO2. The minimum Gasteiger partial charge on any atom is -0.456 e. The maximum Gasteiger partial charge on any atom is 0.136 e. The van der Waals surface area contributed by atoms with Gasteiger partial charge in [0, 0.05) is 44.0 Å². The summed E-state index contributed by atoms with van der Waals surface area (Å²) in [6.07, 6.45) is 0. The predicted molar refractivity (Wildman–Crippen MR) is 275 cm³/mol. The number of nitrogens with zero attached hydrogens (tertiary/aromatic N) is 1. The van der Waals surface area contributed by atoms with Crippen molar-refractivity contribution in [1.29, 1.82) is 0 Å². The summed E-state index contributed by atoms with van der Waals surface area (Å²) in [6, 6.07) is 80.9. The van der Waals surface area contributed by atoms with Gasteiger partial charge in [-0.15, -0.1) is 0 Å². The Morgan fingerprint density at radius 1 is 0.303 bits per heavy atom. The normalized spacial score (nSPS) is 12.8. The Balaban J connectivity index is 0.884. The summed E-state index contributed by atoms with van der Waals surface area (Å²) in [4.78, 5) is 2.35. The molecule has 0 aliphatic heterocycles. The maximum absolute atomic E-state index is 6.27. The largest absolute Gasteiger partial charge is 0.456 e. The third-order valence-corrected chi connectivity index (χ3v) is 13.9. The smallest absolute Gasteiger partial charge is 0.136 e. The number of hydrogen-bond donors (Lipinski definition) is 0. The molecule has 66 heavy (non-hydrogen) atoms. The van der Waals surface area contributed by atoms with Crippen LogP contribution in [-0.4, -0.2) is 0 Å². The summed E-state index contributed by atoms with van der Waals surface area (Å²) >= 11 is 0. The second-order valence-electron chi connectivity index (χ2n) is 18.0. The van der Waals surface area contributed by atoms with Gasteiger partial charge in [-0.1, -0.05) is 166 Å². The monoisotopic (exact) mass is 845 g/mol. The summed E-state index contributed by atoms with van der Waals surface area (Å²) in [5.41, 5.74) is 21.6. The van der Waals surface area contributed by atoms with Crippen molar-refractivity contribution in [2.24, 2.45) is 0 Å². The van der Waals surface area contributed by atoms with Gasteiger partial charge in [0.15, 0.2) is 0 Å². The summed E-state index contributed by atoms with van der Waals surface area (Å²) in [6.45, 7) is 4.71. The Labute approximate surface area is 383 Å². The Bertz CT molecular complexity index is 3660. The first kappa shape index (κ1) is 38.1. The van der Waals surface area contributed by atoms with Crippen molar-refractivity contribution in [1.82, 2.24) is 0 Å². The molecule has 2 heterocycles. The van der Waals surface area contributed by atoms with Crippen LogP contribution in [0.3, 0.4) is 0 Å². The molecule has 12 aromatic rings. The van der Waals surface area contributed by atoms with Crippen LogP contribution in [0.25, 0.3) is 99.5 Å². The zero-order chi connectivity index (χ0) is 43.9. The summed E-state index contributed by atoms with van der Waals surface area (Å²) in [5.74, 6) is 0. The van der Waals surface area contributed by atoms with Crippen molar-refractivity contribution in [3.05, 3.63) is 236 Å². The highest BCUT2D eigenvalue weighted by molar-refractivity contribution is 6.13. The van der Waals surface area contributed by atoms with E-state index in [0.29, 0.717) is 0 Å². The van der Waals surface area contributed by atoms with Gasteiger partial charge in [-0.3, -0.25) is 0 Å². The zero-order valence-electron chi connectivity index (χ0n) is 36.6. The summed E-state index contributed by atoms with van der Waals surface area (Å²) in [5, 5.41) is 4.53. The van der Waals surface area contributed by atoms with E-state index in [1.54, 1.807) is 0 Å². The molecule has 312 valence electrons. The fourth-order valence-electron chi connectivity index (χ4n) is 10.6. The van der Waals surface area contributed by atoms with Gasteiger partial charge >= 0.3 is 0 Å². The van der Waals surface area contributed by atoms with Crippen molar-refractivity contribution in [2.75, 3.05) is 4.90 Å². The Morgan fingerprint density at radius 2 is 0.742 bits per heavy atom. The quantitative estimate of drug-likeness (QED) is 0.160. The van der Waals surface area contributed by atoms with Gasteiger partial charge < -0.3 is 13.7 Å². The molecule has 1 aliphatic rings.